The molecule has 0 heterocycles. The standard InChI is InChI=1S/C14H15FN2O3S/c1-20-14-6-5-12(8-13(14)16)21(18,19)17-9-10-3-2-4-11(15)7-10/h2-8,17H,9,16H2,1H3. The minimum Gasteiger partial charge on any atom is -0.495 e. The van der Waals surface area contributed by atoms with Gasteiger partial charge in [0.1, 0.15) is 11.6 Å². The van der Waals surface area contributed by atoms with Crippen LogP contribution in [-0.4, -0.2) is 15.5 Å². The second-order valence-electron chi connectivity index (χ2n) is 4.36. The van der Waals surface area contributed by atoms with Gasteiger partial charge in [-0.1, -0.05) is 12.1 Å². The van der Waals surface area contributed by atoms with Crippen molar-refractivity contribution in [2.75, 3.05) is 12.8 Å². The minimum atomic E-state index is -3.73. The maximum Gasteiger partial charge on any atom is 0.240 e. The first-order valence-corrected chi connectivity index (χ1v) is 7.58. The van der Waals surface area contributed by atoms with Crippen LogP contribution in [0.2, 0.25) is 0 Å². The number of rotatable bonds is 5. The lowest BCUT2D eigenvalue weighted by Gasteiger charge is -2.09. The van der Waals surface area contributed by atoms with Gasteiger partial charge in [-0.25, -0.2) is 17.5 Å². The van der Waals surface area contributed by atoms with Gasteiger partial charge in [0.15, 0.2) is 0 Å². The van der Waals surface area contributed by atoms with E-state index in [2.05, 4.69) is 4.72 Å². The number of nitrogens with one attached hydrogen (secondary N) is 1. The van der Waals surface area contributed by atoms with E-state index in [0.29, 0.717) is 11.3 Å². The van der Waals surface area contributed by atoms with Crippen molar-refractivity contribution in [3.05, 3.63) is 53.8 Å². The lowest BCUT2D eigenvalue weighted by atomic mass is 10.2. The molecule has 0 spiro atoms. The van der Waals surface area contributed by atoms with Gasteiger partial charge >= 0.3 is 0 Å². The average Bonchev–Trinajstić information content (AvgIpc) is 2.45. The number of nitrogen functional groups attached to an aromatic ring is 1. The zero-order chi connectivity index (χ0) is 15.5. The number of nitrogens with two attached hydrogens (primary N) is 1. The molecule has 0 aliphatic carbocycles. The van der Waals surface area contributed by atoms with E-state index in [9.17, 15) is 12.8 Å². The molecule has 0 aliphatic rings. The molecule has 0 saturated heterocycles. The van der Waals surface area contributed by atoms with Crippen molar-refractivity contribution in [1.29, 1.82) is 0 Å². The first kappa shape index (κ1) is 15.3. The van der Waals surface area contributed by atoms with Crippen molar-refractivity contribution < 1.29 is 17.5 Å². The summed E-state index contributed by atoms with van der Waals surface area (Å²) in [5, 5.41) is 0. The molecule has 2 aromatic rings. The first-order chi connectivity index (χ1) is 9.92. The summed E-state index contributed by atoms with van der Waals surface area (Å²) in [4.78, 5) is 0.0252. The molecule has 3 N–H and O–H groups in total. The van der Waals surface area contributed by atoms with Crippen molar-refractivity contribution >= 4 is 15.7 Å². The summed E-state index contributed by atoms with van der Waals surface area (Å²) in [5.74, 6) is -0.0144. The predicted molar refractivity (Wildman–Crippen MR) is 77.8 cm³/mol. The van der Waals surface area contributed by atoms with Crippen LogP contribution in [0.3, 0.4) is 0 Å². The Labute approximate surface area is 122 Å². The monoisotopic (exact) mass is 310 g/mol. The van der Waals surface area contributed by atoms with Crippen LogP contribution >= 0.6 is 0 Å². The molecular formula is C14H15FN2O3S. The van der Waals surface area contributed by atoms with Crippen molar-refractivity contribution in [2.45, 2.75) is 11.4 Å². The van der Waals surface area contributed by atoms with Crippen molar-refractivity contribution in [3.8, 4) is 5.75 Å². The predicted octanol–water partition coefficient (Wildman–Crippen LogP) is 1.89. The van der Waals surface area contributed by atoms with Gasteiger partial charge in [-0.2, -0.15) is 0 Å². The Balaban J connectivity index is 2.17. The molecule has 21 heavy (non-hydrogen) atoms. The number of ether oxygens (including phenoxy) is 1. The van der Waals surface area contributed by atoms with Crippen LogP contribution in [0.25, 0.3) is 0 Å². The Bertz CT molecular complexity index is 748. The highest BCUT2D eigenvalue weighted by molar-refractivity contribution is 7.89. The van der Waals surface area contributed by atoms with Crippen LogP contribution in [0, 0.1) is 5.82 Å². The Hall–Kier alpha value is -2.12. The van der Waals surface area contributed by atoms with Crippen LogP contribution in [0.5, 0.6) is 5.75 Å². The number of benzene rings is 2. The van der Waals surface area contributed by atoms with E-state index in [1.54, 1.807) is 6.07 Å². The molecule has 2 rings (SSSR count). The molecule has 0 aliphatic heterocycles. The maximum atomic E-state index is 13.0. The summed E-state index contributed by atoms with van der Waals surface area (Å²) in [6.07, 6.45) is 0. The van der Waals surface area contributed by atoms with Gasteiger partial charge in [0.2, 0.25) is 10.0 Å². The Kier molecular flexibility index (Phi) is 4.44. The summed E-state index contributed by atoms with van der Waals surface area (Å²) < 4.78 is 44.7. The highest BCUT2D eigenvalue weighted by Crippen LogP contribution is 2.24. The third kappa shape index (κ3) is 3.71. The van der Waals surface area contributed by atoms with E-state index < -0.39 is 15.8 Å². The van der Waals surface area contributed by atoms with Gasteiger partial charge in [-0.05, 0) is 35.9 Å². The van der Waals surface area contributed by atoms with Crippen LogP contribution in [0.15, 0.2) is 47.4 Å². The smallest absolute Gasteiger partial charge is 0.240 e. The molecule has 0 saturated carbocycles. The van der Waals surface area contributed by atoms with E-state index in [0.717, 1.165) is 0 Å². The molecule has 7 heteroatoms. The Morgan fingerprint density at radius 1 is 1.24 bits per heavy atom. The highest BCUT2D eigenvalue weighted by atomic mass is 32.2. The van der Waals surface area contributed by atoms with Crippen LogP contribution < -0.4 is 15.2 Å². The molecule has 0 aromatic heterocycles. The number of anilines is 1. The summed E-state index contributed by atoms with van der Waals surface area (Å²) in [5.41, 5.74) is 6.44. The topological polar surface area (TPSA) is 81.4 Å². The van der Waals surface area contributed by atoms with E-state index in [1.807, 2.05) is 0 Å². The van der Waals surface area contributed by atoms with Crippen molar-refractivity contribution in [2.24, 2.45) is 0 Å². The average molecular weight is 310 g/mol. The third-order valence-electron chi connectivity index (χ3n) is 2.87. The zero-order valence-electron chi connectivity index (χ0n) is 11.3. The van der Waals surface area contributed by atoms with Crippen LogP contribution in [-0.2, 0) is 16.6 Å². The van der Waals surface area contributed by atoms with Crippen molar-refractivity contribution in [1.82, 2.24) is 4.72 Å². The summed E-state index contributed by atoms with van der Waals surface area (Å²) in [6, 6.07) is 9.90. The lowest BCUT2D eigenvalue weighted by Crippen LogP contribution is -2.23. The number of methoxy groups -OCH3 is 1. The third-order valence-corrected chi connectivity index (χ3v) is 4.27. The summed E-state index contributed by atoms with van der Waals surface area (Å²) in [7, 11) is -2.28. The summed E-state index contributed by atoms with van der Waals surface area (Å²) >= 11 is 0. The van der Waals surface area contributed by atoms with Gasteiger partial charge < -0.3 is 10.5 Å². The van der Waals surface area contributed by atoms with Gasteiger partial charge in [-0.15, -0.1) is 0 Å². The number of hydrogen-bond donors (Lipinski definition) is 2. The van der Waals surface area contributed by atoms with Gasteiger partial charge in [0.05, 0.1) is 17.7 Å². The van der Waals surface area contributed by atoms with E-state index in [1.165, 1.54) is 43.5 Å². The first-order valence-electron chi connectivity index (χ1n) is 6.10. The van der Waals surface area contributed by atoms with Gasteiger partial charge in [-0.3, -0.25) is 0 Å². The van der Waals surface area contributed by atoms with Crippen molar-refractivity contribution in [3.63, 3.8) is 0 Å². The molecule has 5 nitrogen and oxygen atoms in total. The molecule has 0 radical (unpaired) electrons. The molecule has 0 amide bonds. The van der Waals surface area contributed by atoms with Gasteiger partial charge in [0.25, 0.3) is 0 Å². The second kappa shape index (κ2) is 6.11. The normalized spacial score (nSPS) is 11.3. The molecule has 2 aromatic carbocycles. The molecule has 0 bridgehead atoms. The lowest BCUT2D eigenvalue weighted by molar-refractivity contribution is 0.416. The number of halogens is 1. The van der Waals surface area contributed by atoms with E-state index in [4.69, 9.17) is 10.5 Å². The fraction of sp³-hybridized carbons (Fsp3) is 0.143. The van der Waals surface area contributed by atoms with E-state index in [-0.39, 0.29) is 17.1 Å². The Morgan fingerprint density at radius 2 is 2.00 bits per heavy atom. The SMILES string of the molecule is COc1ccc(S(=O)(=O)NCc2cccc(F)c2)cc1N. The highest BCUT2D eigenvalue weighted by Gasteiger charge is 2.15. The minimum absolute atomic E-state index is 0.00791. The Morgan fingerprint density at radius 3 is 2.62 bits per heavy atom. The largest absolute Gasteiger partial charge is 0.495 e. The quantitative estimate of drug-likeness (QED) is 0.826. The maximum absolute atomic E-state index is 13.0. The molecule has 112 valence electrons. The van der Waals surface area contributed by atoms with E-state index >= 15 is 0 Å². The van der Waals surface area contributed by atoms with Crippen LogP contribution in [0.4, 0.5) is 10.1 Å². The summed E-state index contributed by atoms with van der Waals surface area (Å²) in [6.45, 7) is -0.00791. The zero-order valence-corrected chi connectivity index (χ0v) is 12.2. The second-order valence-corrected chi connectivity index (χ2v) is 6.13. The molecule has 0 fully saturated rings. The molecular weight excluding hydrogens is 295 g/mol. The fourth-order valence-corrected chi connectivity index (χ4v) is 2.84. The molecule has 0 atom stereocenters. The van der Waals surface area contributed by atoms with Gasteiger partial charge in [0, 0.05) is 6.54 Å². The fourth-order valence-electron chi connectivity index (χ4n) is 1.79. The number of hydrogen-bond acceptors (Lipinski definition) is 4. The number of sulfonamides is 1. The van der Waals surface area contributed by atoms with Crippen LogP contribution in [0.1, 0.15) is 5.56 Å². The molecule has 0 unspecified atom stereocenters.